The van der Waals surface area contributed by atoms with Gasteiger partial charge in [0.2, 0.25) is 0 Å². The van der Waals surface area contributed by atoms with Gasteiger partial charge in [-0.2, -0.15) is 0 Å². The standard InChI is InChI=1S/C18H28O/c1-2-3-4-6-16-8-10-17(11-9-16)12-13-18-7-5-14-19-15-18/h8-11,18H,2-7,12-15H2,1H3. The third-order valence-electron chi connectivity index (χ3n) is 4.19. The smallest absolute Gasteiger partial charge is 0.0494 e. The zero-order chi connectivity index (χ0) is 13.3. The molecule has 0 aromatic heterocycles. The minimum absolute atomic E-state index is 0.790. The molecule has 1 aromatic carbocycles. The molecule has 2 rings (SSSR count). The number of benzene rings is 1. The summed E-state index contributed by atoms with van der Waals surface area (Å²) in [5.74, 6) is 0.790. The molecule has 0 spiro atoms. The lowest BCUT2D eigenvalue weighted by Gasteiger charge is -2.21. The van der Waals surface area contributed by atoms with Gasteiger partial charge in [0.15, 0.2) is 0 Å². The highest BCUT2D eigenvalue weighted by atomic mass is 16.5. The molecular weight excluding hydrogens is 232 g/mol. The molecule has 0 radical (unpaired) electrons. The van der Waals surface area contributed by atoms with E-state index in [9.17, 15) is 0 Å². The van der Waals surface area contributed by atoms with Crippen molar-refractivity contribution in [3.63, 3.8) is 0 Å². The van der Waals surface area contributed by atoms with Gasteiger partial charge in [0.1, 0.15) is 0 Å². The van der Waals surface area contributed by atoms with E-state index in [1.54, 1.807) is 0 Å². The topological polar surface area (TPSA) is 9.23 Å². The maximum atomic E-state index is 5.54. The summed E-state index contributed by atoms with van der Waals surface area (Å²) in [6.07, 6.45) is 10.3. The maximum absolute atomic E-state index is 5.54. The Morgan fingerprint density at radius 3 is 2.42 bits per heavy atom. The van der Waals surface area contributed by atoms with Crippen LogP contribution in [0.2, 0.25) is 0 Å². The Morgan fingerprint density at radius 1 is 1.05 bits per heavy atom. The molecular formula is C18H28O. The second-order valence-electron chi connectivity index (χ2n) is 5.90. The summed E-state index contributed by atoms with van der Waals surface area (Å²) in [5, 5.41) is 0. The molecule has 19 heavy (non-hydrogen) atoms. The molecule has 0 amide bonds. The van der Waals surface area contributed by atoms with Crippen molar-refractivity contribution >= 4 is 0 Å². The third-order valence-corrected chi connectivity index (χ3v) is 4.19. The molecule has 0 saturated carbocycles. The highest BCUT2D eigenvalue weighted by Crippen LogP contribution is 2.20. The highest BCUT2D eigenvalue weighted by molar-refractivity contribution is 5.22. The average Bonchev–Trinajstić information content (AvgIpc) is 2.48. The molecule has 1 aliphatic rings. The zero-order valence-electron chi connectivity index (χ0n) is 12.4. The fourth-order valence-corrected chi connectivity index (χ4v) is 2.86. The molecule has 1 unspecified atom stereocenters. The van der Waals surface area contributed by atoms with Gasteiger partial charge in [-0.3, -0.25) is 0 Å². The maximum Gasteiger partial charge on any atom is 0.0494 e. The van der Waals surface area contributed by atoms with Crippen molar-refractivity contribution in [3.05, 3.63) is 35.4 Å². The van der Waals surface area contributed by atoms with Crippen LogP contribution in [-0.2, 0) is 17.6 Å². The van der Waals surface area contributed by atoms with E-state index in [0.717, 1.165) is 19.1 Å². The van der Waals surface area contributed by atoms with Crippen LogP contribution in [0.15, 0.2) is 24.3 Å². The number of hydrogen-bond donors (Lipinski definition) is 0. The second-order valence-corrected chi connectivity index (χ2v) is 5.90. The van der Waals surface area contributed by atoms with E-state index in [4.69, 9.17) is 4.74 Å². The van der Waals surface area contributed by atoms with E-state index in [0.29, 0.717) is 0 Å². The van der Waals surface area contributed by atoms with Crippen LogP contribution >= 0.6 is 0 Å². The minimum Gasteiger partial charge on any atom is -0.381 e. The molecule has 1 fully saturated rings. The summed E-state index contributed by atoms with van der Waals surface area (Å²) in [6, 6.07) is 9.29. The van der Waals surface area contributed by atoms with Crippen molar-refractivity contribution < 1.29 is 4.74 Å². The first-order chi connectivity index (χ1) is 9.38. The molecule has 1 aliphatic heterocycles. The summed E-state index contributed by atoms with van der Waals surface area (Å²) < 4.78 is 5.54. The van der Waals surface area contributed by atoms with Gasteiger partial charge in [0.05, 0.1) is 0 Å². The fourth-order valence-electron chi connectivity index (χ4n) is 2.86. The molecule has 1 nitrogen and oxygen atoms in total. The second kappa shape index (κ2) is 8.37. The lowest BCUT2D eigenvalue weighted by Crippen LogP contribution is -2.17. The van der Waals surface area contributed by atoms with Gasteiger partial charge in [-0.1, -0.05) is 44.0 Å². The predicted molar refractivity (Wildman–Crippen MR) is 81.5 cm³/mol. The molecule has 106 valence electrons. The number of hydrogen-bond acceptors (Lipinski definition) is 1. The van der Waals surface area contributed by atoms with Crippen LogP contribution in [0.4, 0.5) is 0 Å². The van der Waals surface area contributed by atoms with Crippen molar-refractivity contribution in [1.29, 1.82) is 0 Å². The Morgan fingerprint density at radius 2 is 1.79 bits per heavy atom. The summed E-state index contributed by atoms with van der Waals surface area (Å²) in [7, 11) is 0. The van der Waals surface area contributed by atoms with Crippen LogP contribution in [0.25, 0.3) is 0 Å². The number of rotatable bonds is 7. The quantitative estimate of drug-likeness (QED) is 0.641. The van der Waals surface area contributed by atoms with Gasteiger partial charge in [-0.25, -0.2) is 0 Å². The predicted octanol–water partition coefficient (Wildman–Crippen LogP) is 4.78. The average molecular weight is 260 g/mol. The highest BCUT2D eigenvalue weighted by Gasteiger charge is 2.13. The Hall–Kier alpha value is -0.820. The first kappa shape index (κ1) is 14.6. The molecule has 1 heterocycles. The van der Waals surface area contributed by atoms with Crippen LogP contribution in [0.5, 0.6) is 0 Å². The van der Waals surface area contributed by atoms with Crippen LogP contribution in [0, 0.1) is 5.92 Å². The molecule has 0 aliphatic carbocycles. The van der Waals surface area contributed by atoms with Crippen LogP contribution < -0.4 is 0 Å². The monoisotopic (exact) mass is 260 g/mol. The number of ether oxygens (including phenoxy) is 1. The lowest BCUT2D eigenvalue weighted by atomic mass is 9.94. The van der Waals surface area contributed by atoms with E-state index in [1.807, 2.05) is 0 Å². The fraction of sp³-hybridized carbons (Fsp3) is 0.667. The van der Waals surface area contributed by atoms with Crippen molar-refractivity contribution in [1.82, 2.24) is 0 Å². The Kier molecular flexibility index (Phi) is 6.43. The van der Waals surface area contributed by atoms with Crippen molar-refractivity contribution in [2.75, 3.05) is 13.2 Å². The van der Waals surface area contributed by atoms with E-state index < -0.39 is 0 Å². The zero-order valence-corrected chi connectivity index (χ0v) is 12.4. The van der Waals surface area contributed by atoms with Crippen molar-refractivity contribution in [2.24, 2.45) is 5.92 Å². The van der Waals surface area contributed by atoms with Gasteiger partial charge >= 0.3 is 0 Å². The van der Waals surface area contributed by atoms with Gasteiger partial charge in [-0.15, -0.1) is 0 Å². The summed E-state index contributed by atoms with van der Waals surface area (Å²) in [6.45, 7) is 4.22. The Bertz CT molecular complexity index is 335. The minimum atomic E-state index is 0.790. The molecule has 0 N–H and O–H groups in total. The Balaban J connectivity index is 1.71. The van der Waals surface area contributed by atoms with Gasteiger partial charge in [0, 0.05) is 13.2 Å². The largest absolute Gasteiger partial charge is 0.381 e. The molecule has 0 bridgehead atoms. The Labute approximate surface area is 118 Å². The van der Waals surface area contributed by atoms with E-state index in [-0.39, 0.29) is 0 Å². The van der Waals surface area contributed by atoms with Crippen LogP contribution in [0.1, 0.15) is 56.6 Å². The van der Waals surface area contributed by atoms with Crippen molar-refractivity contribution in [2.45, 2.75) is 58.3 Å². The van der Waals surface area contributed by atoms with Crippen molar-refractivity contribution in [3.8, 4) is 0 Å². The van der Waals surface area contributed by atoms with Gasteiger partial charge in [-0.05, 0) is 55.6 Å². The third kappa shape index (κ3) is 5.36. The molecule has 1 heteroatoms. The first-order valence-electron chi connectivity index (χ1n) is 8.04. The van der Waals surface area contributed by atoms with E-state index in [2.05, 4.69) is 31.2 Å². The summed E-state index contributed by atoms with van der Waals surface area (Å²) >= 11 is 0. The number of unbranched alkanes of at least 4 members (excludes halogenated alkanes) is 2. The van der Waals surface area contributed by atoms with Gasteiger partial charge < -0.3 is 4.74 Å². The summed E-state index contributed by atoms with van der Waals surface area (Å²) in [4.78, 5) is 0. The lowest BCUT2D eigenvalue weighted by molar-refractivity contribution is 0.0518. The summed E-state index contributed by atoms with van der Waals surface area (Å²) in [5.41, 5.74) is 2.99. The van der Waals surface area contributed by atoms with Crippen LogP contribution in [0.3, 0.4) is 0 Å². The SMILES string of the molecule is CCCCCc1ccc(CCC2CCCOC2)cc1. The van der Waals surface area contributed by atoms with E-state index in [1.165, 1.54) is 62.5 Å². The first-order valence-corrected chi connectivity index (χ1v) is 8.04. The van der Waals surface area contributed by atoms with E-state index >= 15 is 0 Å². The molecule has 1 saturated heterocycles. The molecule has 1 aromatic rings. The van der Waals surface area contributed by atoms with Crippen LogP contribution in [-0.4, -0.2) is 13.2 Å². The normalized spacial score (nSPS) is 19.5. The van der Waals surface area contributed by atoms with Gasteiger partial charge in [0.25, 0.3) is 0 Å². The number of aryl methyl sites for hydroxylation is 2. The molecule has 1 atom stereocenters.